The first-order valence-corrected chi connectivity index (χ1v) is 11.9. The van der Waals surface area contributed by atoms with Crippen molar-refractivity contribution in [2.45, 2.75) is 50.9 Å². The molecule has 1 saturated carbocycles. The fraction of sp³-hybridized carbons (Fsp3) is 0.391. The maximum Gasteiger partial charge on any atom is 0.395 e. The fourth-order valence-corrected chi connectivity index (χ4v) is 4.81. The topological polar surface area (TPSA) is 84.7 Å². The number of amides is 1. The van der Waals surface area contributed by atoms with Crippen LogP contribution < -0.4 is 10.6 Å². The fourth-order valence-electron chi connectivity index (χ4n) is 3.98. The van der Waals surface area contributed by atoms with Crippen LogP contribution in [0, 0.1) is 5.92 Å². The van der Waals surface area contributed by atoms with E-state index in [4.69, 9.17) is 0 Å². The van der Waals surface area contributed by atoms with E-state index in [2.05, 4.69) is 30.2 Å². The van der Waals surface area contributed by atoms with Gasteiger partial charge >= 0.3 is 6.18 Å². The Morgan fingerprint density at radius 2 is 2.06 bits per heavy atom. The van der Waals surface area contributed by atoms with Gasteiger partial charge in [0.15, 0.2) is 5.13 Å². The van der Waals surface area contributed by atoms with Crippen molar-refractivity contribution >= 4 is 33.4 Å². The molecule has 3 heterocycles. The van der Waals surface area contributed by atoms with Gasteiger partial charge in [-0.3, -0.25) is 4.79 Å². The Kier molecular flexibility index (Phi) is 5.88. The van der Waals surface area contributed by atoms with Crippen LogP contribution >= 0.6 is 11.3 Å². The molecular formula is C23H23F3N6OS. The molecular weight excluding hydrogens is 465 g/mol. The lowest BCUT2D eigenvalue weighted by Crippen LogP contribution is -2.27. The van der Waals surface area contributed by atoms with Crippen molar-refractivity contribution in [1.29, 1.82) is 0 Å². The molecule has 7 nitrogen and oxygen atoms in total. The van der Waals surface area contributed by atoms with E-state index >= 15 is 0 Å². The molecule has 1 amide bonds. The molecule has 178 valence electrons. The van der Waals surface area contributed by atoms with Crippen LogP contribution in [-0.4, -0.2) is 31.6 Å². The van der Waals surface area contributed by atoms with E-state index in [9.17, 15) is 18.0 Å². The number of carbonyl (C=O) groups is 1. The monoisotopic (exact) mass is 488 g/mol. The summed E-state index contributed by atoms with van der Waals surface area (Å²) in [5.41, 5.74) is 2.56. The van der Waals surface area contributed by atoms with Crippen molar-refractivity contribution in [3.8, 4) is 0 Å². The van der Waals surface area contributed by atoms with Crippen molar-refractivity contribution in [3.05, 3.63) is 59.3 Å². The predicted octanol–water partition coefficient (Wildman–Crippen LogP) is 5.54. The Balaban J connectivity index is 1.22. The smallest absolute Gasteiger partial charge is 0.343 e. The summed E-state index contributed by atoms with van der Waals surface area (Å²) in [5.74, 6) is -1.75. The zero-order valence-corrected chi connectivity index (χ0v) is 19.2. The Morgan fingerprint density at radius 1 is 1.24 bits per heavy atom. The van der Waals surface area contributed by atoms with Gasteiger partial charge in [0.2, 0.25) is 0 Å². The van der Waals surface area contributed by atoms with Crippen LogP contribution in [0.1, 0.15) is 60.1 Å². The summed E-state index contributed by atoms with van der Waals surface area (Å²) in [6.07, 6.45) is 8.25. The molecule has 34 heavy (non-hydrogen) atoms. The molecule has 11 heteroatoms. The van der Waals surface area contributed by atoms with Crippen molar-refractivity contribution in [2.75, 3.05) is 5.32 Å². The van der Waals surface area contributed by atoms with E-state index in [1.165, 1.54) is 29.9 Å². The molecule has 1 fully saturated rings. The molecule has 2 aliphatic carbocycles. The molecule has 3 aromatic heterocycles. The van der Waals surface area contributed by atoms with Gasteiger partial charge in [-0.1, -0.05) is 23.5 Å². The van der Waals surface area contributed by atoms with E-state index in [1.54, 1.807) is 18.5 Å². The molecule has 0 radical (unpaired) electrons. The van der Waals surface area contributed by atoms with Crippen molar-refractivity contribution in [3.63, 3.8) is 0 Å². The molecule has 0 spiro atoms. The molecule has 1 unspecified atom stereocenters. The zero-order valence-electron chi connectivity index (χ0n) is 18.3. The summed E-state index contributed by atoms with van der Waals surface area (Å²) >= 11 is 1.33. The number of anilines is 1. The normalized spacial score (nSPS) is 19.5. The largest absolute Gasteiger partial charge is 0.395 e. The number of hydrogen-bond donors (Lipinski definition) is 2. The summed E-state index contributed by atoms with van der Waals surface area (Å²) in [4.78, 5) is 26.6. The second-order valence-electron chi connectivity index (χ2n) is 8.59. The van der Waals surface area contributed by atoms with Crippen LogP contribution in [0.5, 0.6) is 0 Å². The number of hydrogen-bond acceptors (Lipinski definition) is 6. The maximum atomic E-state index is 12.8. The average molecular weight is 489 g/mol. The minimum absolute atomic E-state index is 0.107. The molecule has 0 saturated heterocycles. The molecule has 0 bridgehead atoms. The Hall–Kier alpha value is -3.21. The maximum absolute atomic E-state index is 12.8. The third-order valence-corrected chi connectivity index (χ3v) is 7.33. The van der Waals surface area contributed by atoms with Gasteiger partial charge in [0.25, 0.3) is 5.91 Å². The predicted molar refractivity (Wildman–Crippen MR) is 123 cm³/mol. The third-order valence-electron chi connectivity index (χ3n) is 6.23. The molecule has 2 atom stereocenters. The number of aromatic nitrogens is 4. The van der Waals surface area contributed by atoms with Crippen molar-refractivity contribution in [1.82, 2.24) is 24.8 Å². The van der Waals surface area contributed by atoms with E-state index < -0.39 is 12.1 Å². The first kappa shape index (κ1) is 22.6. The number of thiazole rings is 1. The van der Waals surface area contributed by atoms with Gasteiger partial charge in [-0.25, -0.2) is 15.0 Å². The van der Waals surface area contributed by atoms with Crippen LogP contribution in [0.2, 0.25) is 0 Å². The second kappa shape index (κ2) is 8.86. The summed E-state index contributed by atoms with van der Waals surface area (Å²) < 4.78 is 40.5. The van der Waals surface area contributed by atoms with Crippen LogP contribution in [-0.2, 0) is 0 Å². The Bertz CT molecular complexity index is 1270. The highest BCUT2D eigenvalue weighted by molar-refractivity contribution is 7.15. The first-order chi connectivity index (χ1) is 16.3. The lowest BCUT2D eigenvalue weighted by Gasteiger charge is -2.27. The lowest BCUT2D eigenvalue weighted by atomic mass is 9.93. The highest BCUT2D eigenvalue weighted by atomic mass is 32.1. The van der Waals surface area contributed by atoms with Gasteiger partial charge < -0.3 is 15.2 Å². The number of allylic oxidation sites excluding steroid dienone is 3. The van der Waals surface area contributed by atoms with E-state index in [0.717, 1.165) is 34.8 Å². The molecule has 0 aliphatic heterocycles. The van der Waals surface area contributed by atoms with Crippen LogP contribution in [0.4, 0.5) is 18.3 Å². The molecule has 2 aliphatic rings. The van der Waals surface area contributed by atoms with Gasteiger partial charge in [0, 0.05) is 22.8 Å². The number of pyridine rings is 1. The summed E-state index contributed by atoms with van der Waals surface area (Å²) in [7, 11) is 0. The molecule has 2 N–H and O–H groups in total. The van der Waals surface area contributed by atoms with Gasteiger partial charge in [0.05, 0.1) is 30.0 Å². The Morgan fingerprint density at radius 3 is 2.74 bits per heavy atom. The molecule has 3 aromatic rings. The third kappa shape index (κ3) is 4.56. The number of alkyl halides is 3. The van der Waals surface area contributed by atoms with Gasteiger partial charge in [-0.05, 0) is 44.7 Å². The van der Waals surface area contributed by atoms with E-state index in [0.29, 0.717) is 22.6 Å². The van der Waals surface area contributed by atoms with Crippen molar-refractivity contribution in [2.24, 2.45) is 5.92 Å². The van der Waals surface area contributed by atoms with Gasteiger partial charge in [0.1, 0.15) is 11.2 Å². The van der Waals surface area contributed by atoms with Crippen LogP contribution in [0.3, 0.4) is 0 Å². The van der Waals surface area contributed by atoms with E-state index in [-0.39, 0.29) is 18.4 Å². The number of halogens is 3. The lowest BCUT2D eigenvalue weighted by molar-refractivity contribution is -0.160. The quantitative estimate of drug-likeness (QED) is 0.476. The number of carbonyl (C=O) groups excluding carboxylic acids is 1. The van der Waals surface area contributed by atoms with Crippen LogP contribution in [0.15, 0.2) is 48.7 Å². The highest BCUT2D eigenvalue weighted by Gasteiger charge is 2.37. The standard InChI is InChI=1S/C23H23F3N6OS/c1-13(20-11-28-22(34-20)31-15-7-5-14(6-8-15)23(24,25)26)30-21(33)17-9-19-18(10-27-17)29-12-32(19)16-3-2-4-16/h5,7-14,16H,2-4,6H2,1H3,(H,28,31)(H,30,33)/t13-,14?/m1/s1. The number of rotatable bonds is 6. The minimum atomic E-state index is -4.24. The van der Waals surface area contributed by atoms with Gasteiger partial charge in [-0.2, -0.15) is 13.2 Å². The number of fused-ring (bicyclic) bond motifs is 1. The Labute approximate surface area is 197 Å². The summed E-state index contributed by atoms with van der Waals surface area (Å²) in [6, 6.07) is 1.89. The molecule has 5 rings (SSSR count). The average Bonchev–Trinajstić information content (AvgIpc) is 3.39. The minimum Gasteiger partial charge on any atom is -0.343 e. The first-order valence-electron chi connectivity index (χ1n) is 11.1. The summed E-state index contributed by atoms with van der Waals surface area (Å²) in [5, 5.41) is 6.52. The molecule has 0 aromatic carbocycles. The van der Waals surface area contributed by atoms with Crippen molar-refractivity contribution < 1.29 is 18.0 Å². The SMILES string of the molecule is C[C@@H](NC(=O)c1cc2c(cn1)ncn2C1CCC1)c1cnc(NC2=CCC(C(F)(F)F)C=C2)s1. The van der Waals surface area contributed by atoms with Gasteiger partial charge in [-0.15, -0.1) is 0 Å². The second-order valence-corrected chi connectivity index (χ2v) is 9.65. The van der Waals surface area contributed by atoms with E-state index in [1.807, 2.05) is 13.3 Å². The zero-order chi connectivity index (χ0) is 23.9. The highest BCUT2D eigenvalue weighted by Crippen LogP contribution is 2.35. The number of imidazole rings is 1. The number of nitrogens with one attached hydrogen (secondary N) is 2. The summed E-state index contributed by atoms with van der Waals surface area (Å²) in [6.45, 7) is 1.85. The van der Waals surface area contributed by atoms with Crippen LogP contribution in [0.25, 0.3) is 11.0 Å². The number of nitrogens with zero attached hydrogens (tertiary/aromatic N) is 4.